The van der Waals surface area contributed by atoms with Crippen molar-refractivity contribution in [1.29, 1.82) is 0 Å². The third-order valence-electron chi connectivity index (χ3n) is 4.55. The van der Waals surface area contributed by atoms with Gasteiger partial charge in [-0.25, -0.2) is 0 Å². The molecule has 1 atom stereocenters. The zero-order valence-electron chi connectivity index (χ0n) is 13.3. The van der Waals surface area contributed by atoms with E-state index in [0.29, 0.717) is 11.6 Å². The van der Waals surface area contributed by atoms with Gasteiger partial charge in [0.2, 0.25) is 0 Å². The SMILES string of the molecule is COc1ccc(C(=O)N2CCN(C3CCNC3)CC2)cc1Br.Cl. The minimum absolute atomic E-state index is 0. The van der Waals surface area contributed by atoms with Crippen molar-refractivity contribution in [3.8, 4) is 5.75 Å². The van der Waals surface area contributed by atoms with Crippen molar-refractivity contribution in [1.82, 2.24) is 15.1 Å². The molecule has 2 saturated heterocycles. The first-order chi connectivity index (χ1) is 10.7. The molecule has 2 aliphatic heterocycles. The molecular formula is C16H23BrClN3O2. The number of methoxy groups -OCH3 is 1. The zero-order valence-corrected chi connectivity index (χ0v) is 15.7. The van der Waals surface area contributed by atoms with Crippen molar-refractivity contribution in [2.45, 2.75) is 12.5 Å². The van der Waals surface area contributed by atoms with Crippen LogP contribution in [0.3, 0.4) is 0 Å². The van der Waals surface area contributed by atoms with Crippen LogP contribution in [-0.4, -0.2) is 68.1 Å². The lowest BCUT2D eigenvalue weighted by Gasteiger charge is -2.37. The average Bonchev–Trinajstić information content (AvgIpc) is 3.09. The summed E-state index contributed by atoms with van der Waals surface area (Å²) >= 11 is 3.44. The van der Waals surface area contributed by atoms with Gasteiger partial charge in [0, 0.05) is 44.3 Å². The van der Waals surface area contributed by atoms with Gasteiger partial charge in [-0.3, -0.25) is 9.69 Å². The zero-order chi connectivity index (χ0) is 15.5. The lowest BCUT2D eigenvalue weighted by Crippen LogP contribution is -2.52. The van der Waals surface area contributed by atoms with Crippen LogP contribution in [0.4, 0.5) is 0 Å². The molecular weight excluding hydrogens is 382 g/mol. The van der Waals surface area contributed by atoms with Gasteiger partial charge in [-0.05, 0) is 47.1 Å². The molecule has 0 saturated carbocycles. The molecule has 7 heteroatoms. The topological polar surface area (TPSA) is 44.8 Å². The van der Waals surface area contributed by atoms with Crippen LogP contribution >= 0.6 is 28.3 Å². The Morgan fingerprint density at radius 1 is 1.30 bits per heavy atom. The van der Waals surface area contributed by atoms with Crippen LogP contribution in [0.1, 0.15) is 16.8 Å². The number of halogens is 2. The normalized spacial score (nSPS) is 21.8. The number of benzene rings is 1. The van der Waals surface area contributed by atoms with Gasteiger partial charge in [0.15, 0.2) is 0 Å². The highest BCUT2D eigenvalue weighted by molar-refractivity contribution is 9.10. The Kier molecular flexibility index (Phi) is 6.71. The number of rotatable bonds is 3. The molecule has 1 aromatic rings. The predicted octanol–water partition coefficient (Wildman–Crippen LogP) is 2.00. The van der Waals surface area contributed by atoms with E-state index < -0.39 is 0 Å². The Bertz CT molecular complexity index is 544. The molecule has 0 aromatic heterocycles. The molecule has 2 fully saturated rings. The molecule has 0 aliphatic carbocycles. The maximum absolute atomic E-state index is 12.6. The van der Waals surface area contributed by atoms with E-state index in [1.807, 2.05) is 23.1 Å². The third-order valence-corrected chi connectivity index (χ3v) is 5.17. The van der Waals surface area contributed by atoms with E-state index in [0.717, 1.165) is 49.5 Å². The molecule has 1 amide bonds. The predicted molar refractivity (Wildman–Crippen MR) is 96.7 cm³/mol. The Hall–Kier alpha value is -0.820. The summed E-state index contributed by atoms with van der Waals surface area (Å²) in [5, 5.41) is 3.41. The van der Waals surface area contributed by atoms with Gasteiger partial charge >= 0.3 is 0 Å². The van der Waals surface area contributed by atoms with Gasteiger partial charge in [-0.15, -0.1) is 12.4 Å². The lowest BCUT2D eigenvalue weighted by molar-refractivity contribution is 0.0583. The van der Waals surface area contributed by atoms with E-state index in [9.17, 15) is 4.79 Å². The monoisotopic (exact) mass is 403 g/mol. The van der Waals surface area contributed by atoms with E-state index in [-0.39, 0.29) is 18.3 Å². The molecule has 2 aliphatic rings. The molecule has 1 aromatic carbocycles. The van der Waals surface area contributed by atoms with Gasteiger partial charge in [0.05, 0.1) is 11.6 Å². The van der Waals surface area contributed by atoms with Crippen LogP contribution in [0.25, 0.3) is 0 Å². The molecule has 1 N–H and O–H groups in total. The van der Waals surface area contributed by atoms with Crippen molar-refractivity contribution in [2.75, 3.05) is 46.4 Å². The van der Waals surface area contributed by atoms with Crippen LogP contribution in [0.2, 0.25) is 0 Å². The van der Waals surface area contributed by atoms with Gasteiger partial charge in [-0.2, -0.15) is 0 Å². The fraction of sp³-hybridized carbons (Fsp3) is 0.562. The van der Waals surface area contributed by atoms with Crippen LogP contribution in [0.5, 0.6) is 5.75 Å². The van der Waals surface area contributed by atoms with Gasteiger partial charge in [-0.1, -0.05) is 0 Å². The molecule has 23 heavy (non-hydrogen) atoms. The van der Waals surface area contributed by atoms with E-state index in [4.69, 9.17) is 4.74 Å². The van der Waals surface area contributed by atoms with E-state index in [2.05, 4.69) is 26.1 Å². The molecule has 0 bridgehead atoms. The molecule has 3 rings (SSSR count). The Morgan fingerprint density at radius 2 is 2.04 bits per heavy atom. The van der Waals surface area contributed by atoms with Crippen molar-refractivity contribution in [2.24, 2.45) is 0 Å². The standard InChI is InChI=1S/C16H22BrN3O2.ClH/c1-22-15-3-2-12(10-14(15)17)16(21)20-8-6-19(7-9-20)13-4-5-18-11-13;/h2-3,10,13,18H,4-9,11H2,1H3;1H. The van der Waals surface area contributed by atoms with Crippen LogP contribution in [0.15, 0.2) is 22.7 Å². The summed E-state index contributed by atoms with van der Waals surface area (Å²) in [6, 6.07) is 6.15. The summed E-state index contributed by atoms with van der Waals surface area (Å²) in [6.45, 7) is 5.74. The minimum Gasteiger partial charge on any atom is -0.496 e. The van der Waals surface area contributed by atoms with Crippen molar-refractivity contribution in [3.63, 3.8) is 0 Å². The summed E-state index contributed by atoms with van der Waals surface area (Å²) in [5.41, 5.74) is 0.712. The number of nitrogens with one attached hydrogen (secondary N) is 1. The highest BCUT2D eigenvalue weighted by atomic mass is 79.9. The van der Waals surface area contributed by atoms with Crippen molar-refractivity contribution < 1.29 is 9.53 Å². The molecule has 2 heterocycles. The number of ether oxygens (including phenoxy) is 1. The van der Waals surface area contributed by atoms with Crippen LogP contribution in [0, 0.1) is 0 Å². The van der Waals surface area contributed by atoms with Crippen molar-refractivity contribution in [3.05, 3.63) is 28.2 Å². The lowest BCUT2D eigenvalue weighted by atomic mass is 10.1. The summed E-state index contributed by atoms with van der Waals surface area (Å²) in [7, 11) is 1.62. The Labute approximate surface area is 151 Å². The van der Waals surface area contributed by atoms with Gasteiger partial charge < -0.3 is 15.0 Å². The highest BCUT2D eigenvalue weighted by Crippen LogP contribution is 2.26. The van der Waals surface area contributed by atoms with E-state index in [1.165, 1.54) is 6.42 Å². The Morgan fingerprint density at radius 3 is 2.61 bits per heavy atom. The first kappa shape index (κ1) is 18.5. The Balaban J connectivity index is 0.00000192. The van der Waals surface area contributed by atoms with Gasteiger partial charge in [0.1, 0.15) is 5.75 Å². The highest BCUT2D eigenvalue weighted by Gasteiger charge is 2.28. The minimum atomic E-state index is 0. The van der Waals surface area contributed by atoms with E-state index >= 15 is 0 Å². The van der Waals surface area contributed by atoms with E-state index in [1.54, 1.807) is 7.11 Å². The first-order valence-electron chi connectivity index (χ1n) is 7.76. The number of carbonyl (C=O) groups is 1. The molecule has 128 valence electrons. The maximum Gasteiger partial charge on any atom is 0.253 e. The second-order valence-electron chi connectivity index (χ2n) is 5.82. The third kappa shape index (κ3) is 4.18. The number of piperazine rings is 1. The first-order valence-corrected chi connectivity index (χ1v) is 8.56. The van der Waals surface area contributed by atoms with Crippen LogP contribution < -0.4 is 10.1 Å². The molecule has 0 spiro atoms. The summed E-state index contributed by atoms with van der Waals surface area (Å²) in [5.74, 6) is 0.850. The molecule has 1 unspecified atom stereocenters. The maximum atomic E-state index is 12.6. The van der Waals surface area contributed by atoms with Crippen LogP contribution in [-0.2, 0) is 0 Å². The van der Waals surface area contributed by atoms with Gasteiger partial charge in [0.25, 0.3) is 5.91 Å². The second-order valence-corrected chi connectivity index (χ2v) is 6.68. The number of hydrogen-bond acceptors (Lipinski definition) is 4. The smallest absolute Gasteiger partial charge is 0.253 e. The summed E-state index contributed by atoms with van der Waals surface area (Å²) < 4.78 is 6.03. The van der Waals surface area contributed by atoms with Crippen molar-refractivity contribution >= 4 is 34.2 Å². The number of hydrogen-bond donors (Lipinski definition) is 1. The second kappa shape index (κ2) is 8.33. The number of amides is 1. The fourth-order valence-electron chi connectivity index (χ4n) is 3.22. The fourth-order valence-corrected chi connectivity index (χ4v) is 3.76. The quantitative estimate of drug-likeness (QED) is 0.837. The number of nitrogens with zero attached hydrogens (tertiary/aromatic N) is 2. The summed E-state index contributed by atoms with van der Waals surface area (Å²) in [6.07, 6.45) is 1.22. The average molecular weight is 405 g/mol. The molecule has 5 nitrogen and oxygen atoms in total. The molecule has 0 radical (unpaired) electrons. The summed E-state index contributed by atoms with van der Waals surface area (Å²) in [4.78, 5) is 17.1. The largest absolute Gasteiger partial charge is 0.496 e. The number of carbonyl (C=O) groups excluding carboxylic acids is 1.